The van der Waals surface area contributed by atoms with Crippen LogP contribution in [-0.4, -0.2) is 26.8 Å². The predicted octanol–water partition coefficient (Wildman–Crippen LogP) is 2.91. The summed E-state index contributed by atoms with van der Waals surface area (Å²) in [6.07, 6.45) is 2.05. The summed E-state index contributed by atoms with van der Waals surface area (Å²) in [5.74, 6) is 0.633. The number of aryl methyl sites for hydroxylation is 1. The van der Waals surface area contributed by atoms with Crippen LogP contribution in [0.1, 0.15) is 34.1 Å². The summed E-state index contributed by atoms with van der Waals surface area (Å²) in [5, 5.41) is 11.3. The number of carbonyl (C=O) groups excluding carboxylic acids is 1. The number of hydrogen-bond acceptors (Lipinski definition) is 5. The third kappa shape index (κ3) is 3.32. The predicted molar refractivity (Wildman–Crippen MR) is 99.5 cm³/mol. The smallest absolute Gasteiger partial charge is 0.346 e. The van der Waals surface area contributed by atoms with Gasteiger partial charge in [0.15, 0.2) is 5.82 Å². The van der Waals surface area contributed by atoms with Gasteiger partial charge in [0.25, 0.3) is 5.91 Å². The van der Waals surface area contributed by atoms with Crippen LogP contribution in [0.5, 0.6) is 0 Å². The topological polar surface area (TPSA) is 68.9 Å². The van der Waals surface area contributed by atoms with Gasteiger partial charge in [-0.15, -0.1) is 27.8 Å². The Kier molecular flexibility index (Phi) is 4.30. The lowest BCUT2D eigenvalue weighted by atomic mass is 10.3. The van der Waals surface area contributed by atoms with Crippen molar-refractivity contribution >= 4 is 28.6 Å². The molecule has 6 nitrogen and oxygen atoms in total. The van der Waals surface area contributed by atoms with Crippen LogP contribution in [0.2, 0.25) is 0 Å². The maximum absolute atomic E-state index is 12.7. The van der Waals surface area contributed by atoms with Gasteiger partial charge in [-0.3, -0.25) is 9.36 Å². The molecular formula is C17H18N4O2S2. The van der Waals surface area contributed by atoms with Crippen molar-refractivity contribution in [3.63, 3.8) is 0 Å². The van der Waals surface area contributed by atoms with Gasteiger partial charge >= 0.3 is 5.69 Å². The van der Waals surface area contributed by atoms with Gasteiger partial charge in [0.1, 0.15) is 0 Å². The summed E-state index contributed by atoms with van der Waals surface area (Å²) >= 11 is 3.01. The first-order valence-corrected chi connectivity index (χ1v) is 9.96. The molecule has 1 amide bonds. The van der Waals surface area contributed by atoms with E-state index in [-0.39, 0.29) is 17.6 Å². The molecular weight excluding hydrogens is 356 g/mol. The van der Waals surface area contributed by atoms with E-state index < -0.39 is 0 Å². The molecule has 0 unspecified atom stereocenters. The van der Waals surface area contributed by atoms with Crippen molar-refractivity contribution < 1.29 is 4.79 Å². The number of carbonyl (C=O) groups is 1. The molecule has 0 spiro atoms. The van der Waals surface area contributed by atoms with Crippen LogP contribution in [0.3, 0.4) is 0 Å². The van der Waals surface area contributed by atoms with E-state index in [1.54, 1.807) is 15.9 Å². The lowest BCUT2D eigenvalue weighted by Gasteiger charge is -2.02. The molecule has 1 aliphatic carbocycles. The summed E-state index contributed by atoms with van der Waals surface area (Å²) in [4.78, 5) is 26.5. The minimum absolute atomic E-state index is 0.0906. The molecule has 25 heavy (non-hydrogen) atoms. The Balaban J connectivity index is 1.48. The number of nitrogens with zero attached hydrogens (tertiary/aromatic N) is 3. The number of hydrogen-bond donors (Lipinski definition) is 1. The van der Waals surface area contributed by atoms with Crippen LogP contribution in [0, 0.1) is 6.92 Å². The molecule has 130 valence electrons. The van der Waals surface area contributed by atoms with Crippen molar-refractivity contribution in [3.8, 4) is 10.7 Å². The van der Waals surface area contributed by atoms with E-state index in [9.17, 15) is 9.59 Å². The lowest BCUT2D eigenvalue weighted by Crippen LogP contribution is -2.31. The summed E-state index contributed by atoms with van der Waals surface area (Å²) in [6.45, 7) is 2.71. The highest BCUT2D eigenvalue weighted by Crippen LogP contribution is 2.37. The molecule has 4 rings (SSSR count). The maximum Gasteiger partial charge on any atom is 0.346 e. The average Bonchev–Trinajstić information content (AvgIpc) is 3.00. The molecule has 3 heterocycles. The summed E-state index contributed by atoms with van der Waals surface area (Å²) in [5.41, 5.74) is 0.988. The van der Waals surface area contributed by atoms with Crippen molar-refractivity contribution in [2.24, 2.45) is 0 Å². The van der Waals surface area contributed by atoms with Crippen molar-refractivity contribution in [3.05, 3.63) is 49.9 Å². The standard InChI is InChI=1S/C17H18N4O2S2/c1-11-9-14(25-10-11)16(22)18-6-7-20-17(23)21(12-4-5-12)15(19-20)13-3-2-8-24-13/h2-3,8-10,12H,4-7H2,1H3,(H,18,22). The van der Waals surface area contributed by atoms with E-state index in [1.807, 2.05) is 35.9 Å². The fourth-order valence-corrected chi connectivity index (χ4v) is 4.23. The van der Waals surface area contributed by atoms with Crippen molar-refractivity contribution in [1.82, 2.24) is 19.7 Å². The van der Waals surface area contributed by atoms with Crippen LogP contribution >= 0.6 is 22.7 Å². The van der Waals surface area contributed by atoms with Gasteiger partial charge in [-0.2, -0.15) is 0 Å². The molecule has 3 aromatic rings. The SMILES string of the molecule is Cc1csc(C(=O)NCCn2nc(-c3cccs3)n(C3CC3)c2=O)c1. The van der Waals surface area contributed by atoms with Crippen LogP contribution < -0.4 is 11.0 Å². The minimum Gasteiger partial charge on any atom is -0.349 e. The molecule has 1 N–H and O–H groups in total. The molecule has 1 saturated carbocycles. The summed E-state index contributed by atoms with van der Waals surface area (Å²) < 4.78 is 3.27. The number of aromatic nitrogens is 3. The Morgan fingerprint density at radius 3 is 2.88 bits per heavy atom. The first kappa shape index (κ1) is 16.3. The fraction of sp³-hybridized carbons (Fsp3) is 0.353. The molecule has 0 aliphatic heterocycles. The highest BCUT2D eigenvalue weighted by molar-refractivity contribution is 7.13. The fourth-order valence-electron chi connectivity index (χ4n) is 2.71. The third-order valence-corrected chi connectivity index (χ3v) is 6.00. The zero-order valence-electron chi connectivity index (χ0n) is 13.8. The quantitative estimate of drug-likeness (QED) is 0.721. The second-order valence-electron chi connectivity index (χ2n) is 6.15. The normalized spacial score (nSPS) is 14.0. The van der Waals surface area contributed by atoms with E-state index in [0.717, 1.165) is 29.1 Å². The largest absolute Gasteiger partial charge is 0.349 e. The molecule has 1 fully saturated rings. The average molecular weight is 374 g/mol. The van der Waals surface area contributed by atoms with Crippen LogP contribution in [0.15, 0.2) is 33.8 Å². The van der Waals surface area contributed by atoms with E-state index >= 15 is 0 Å². The highest BCUT2D eigenvalue weighted by Gasteiger charge is 2.30. The van der Waals surface area contributed by atoms with Crippen LogP contribution in [0.4, 0.5) is 0 Å². The van der Waals surface area contributed by atoms with Crippen LogP contribution in [0.25, 0.3) is 10.7 Å². The molecule has 0 aromatic carbocycles. The maximum atomic E-state index is 12.7. The van der Waals surface area contributed by atoms with Gasteiger partial charge in [-0.25, -0.2) is 9.48 Å². The molecule has 0 bridgehead atoms. The van der Waals surface area contributed by atoms with Gasteiger partial charge in [-0.1, -0.05) is 6.07 Å². The monoisotopic (exact) mass is 374 g/mol. The second-order valence-corrected chi connectivity index (χ2v) is 8.01. The first-order chi connectivity index (χ1) is 12.1. The zero-order chi connectivity index (χ0) is 17.4. The first-order valence-electron chi connectivity index (χ1n) is 8.20. The van der Waals surface area contributed by atoms with Crippen molar-refractivity contribution in [1.29, 1.82) is 0 Å². The molecule has 0 saturated heterocycles. The number of thiophene rings is 2. The van der Waals surface area contributed by atoms with E-state index in [2.05, 4.69) is 10.4 Å². The second kappa shape index (κ2) is 6.61. The van der Waals surface area contributed by atoms with Crippen molar-refractivity contribution in [2.45, 2.75) is 32.4 Å². The van der Waals surface area contributed by atoms with E-state index in [0.29, 0.717) is 18.0 Å². The minimum atomic E-state index is -0.105. The zero-order valence-corrected chi connectivity index (χ0v) is 15.4. The Bertz CT molecular complexity index is 948. The Morgan fingerprint density at radius 1 is 1.40 bits per heavy atom. The van der Waals surface area contributed by atoms with Crippen molar-refractivity contribution in [2.75, 3.05) is 6.54 Å². The molecule has 1 aliphatic rings. The van der Waals surface area contributed by atoms with Gasteiger partial charge in [0.2, 0.25) is 0 Å². The summed E-state index contributed by atoms with van der Waals surface area (Å²) in [6, 6.07) is 6.07. The van der Waals surface area contributed by atoms with Gasteiger partial charge in [0.05, 0.1) is 16.3 Å². The van der Waals surface area contributed by atoms with Gasteiger partial charge in [0, 0.05) is 12.6 Å². The highest BCUT2D eigenvalue weighted by atomic mass is 32.1. The van der Waals surface area contributed by atoms with Gasteiger partial charge in [-0.05, 0) is 48.2 Å². The lowest BCUT2D eigenvalue weighted by molar-refractivity contribution is 0.0956. The Hall–Kier alpha value is -2.19. The number of nitrogens with one attached hydrogen (secondary N) is 1. The number of rotatable bonds is 6. The molecule has 3 aromatic heterocycles. The van der Waals surface area contributed by atoms with E-state index in [4.69, 9.17) is 0 Å². The molecule has 8 heteroatoms. The molecule has 0 radical (unpaired) electrons. The molecule has 0 atom stereocenters. The Labute approximate surface area is 152 Å². The Morgan fingerprint density at radius 2 is 2.24 bits per heavy atom. The van der Waals surface area contributed by atoms with Crippen LogP contribution in [-0.2, 0) is 6.54 Å². The third-order valence-electron chi connectivity index (χ3n) is 4.09. The summed E-state index contributed by atoms with van der Waals surface area (Å²) in [7, 11) is 0. The van der Waals surface area contributed by atoms with E-state index in [1.165, 1.54) is 16.0 Å². The number of amides is 1. The van der Waals surface area contributed by atoms with Gasteiger partial charge < -0.3 is 5.32 Å².